The Hall–Kier alpha value is -1.35. The number of hydrogen-bond acceptors (Lipinski definition) is 2. The second-order valence-corrected chi connectivity index (χ2v) is 4.80. The molecule has 88 valence electrons. The topological polar surface area (TPSA) is 24.9 Å². The summed E-state index contributed by atoms with van der Waals surface area (Å²) in [5, 5.41) is 3.47. The van der Waals surface area contributed by atoms with Crippen LogP contribution in [-0.2, 0) is 6.42 Å². The molecule has 1 N–H and O–H groups in total. The third-order valence-electron chi connectivity index (χ3n) is 2.77. The summed E-state index contributed by atoms with van der Waals surface area (Å²) in [4.78, 5) is 4.06. The van der Waals surface area contributed by atoms with Crippen LogP contribution in [0.4, 0.5) is 11.4 Å². The average molecular weight is 291 g/mol. The summed E-state index contributed by atoms with van der Waals surface area (Å²) in [7, 11) is 0. The molecular weight excluding hydrogens is 276 g/mol. The SMILES string of the molecule is CCc1cccc(C)c1Nc1ccncc1Br. The average Bonchev–Trinajstić information content (AvgIpc) is 2.34. The lowest BCUT2D eigenvalue weighted by Gasteiger charge is -2.14. The molecule has 1 aromatic carbocycles. The lowest BCUT2D eigenvalue weighted by Crippen LogP contribution is -1.98. The molecule has 0 saturated heterocycles. The third-order valence-corrected chi connectivity index (χ3v) is 3.40. The molecule has 0 fully saturated rings. The molecule has 2 nitrogen and oxygen atoms in total. The molecule has 1 heterocycles. The minimum absolute atomic E-state index is 0.977. The van der Waals surface area contributed by atoms with Gasteiger partial charge in [-0.1, -0.05) is 25.1 Å². The van der Waals surface area contributed by atoms with Crippen molar-refractivity contribution in [3.63, 3.8) is 0 Å². The first kappa shape index (κ1) is 12.1. The first-order chi connectivity index (χ1) is 8.22. The molecule has 3 heteroatoms. The van der Waals surface area contributed by atoms with Crippen LogP contribution in [0.1, 0.15) is 18.1 Å². The van der Waals surface area contributed by atoms with Gasteiger partial charge in [-0.25, -0.2) is 0 Å². The van der Waals surface area contributed by atoms with Gasteiger partial charge in [-0.05, 0) is 46.5 Å². The van der Waals surface area contributed by atoms with Crippen molar-refractivity contribution >= 4 is 27.3 Å². The van der Waals surface area contributed by atoms with Crippen molar-refractivity contribution in [2.24, 2.45) is 0 Å². The number of para-hydroxylation sites is 1. The summed E-state index contributed by atoms with van der Waals surface area (Å²) < 4.78 is 0.977. The van der Waals surface area contributed by atoms with E-state index in [1.807, 2.05) is 6.07 Å². The molecule has 0 spiro atoms. The zero-order chi connectivity index (χ0) is 12.3. The van der Waals surface area contributed by atoms with E-state index < -0.39 is 0 Å². The Morgan fingerprint density at radius 1 is 1.29 bits per heavy atom. The second kappa shape index (κ2) is 5.32. The lowest BCUT2D eigenvalue weighted by atomic mass is 10.1. The number of anilines is 2. The van der Waals surface area contributed by atoms with Gasteiger partial charge in [-0.2, -0.15) is 0 Å². The molecule has 0 unspecified atom stereocenters. The Morgan fingerprint density at radius 3 is 2.82 bits per heavy atom. The summed E-state index contributed by atoms with van der Waals surface area (Å²) in [6.45, 7) is 4.29. The number of aromatic nitrogens is 1. The van der Waals surface area contributed by atoms with E-state index in [0.29, 0.717) is 0 Å². The van der Waals surface area contributed by atoms with Gasteiger partial charge in [0.05, 0.1) is 10.2 Å². The number of pyridine rings is 1. The van der Waals surface area contributed by atoms with E-state index >= 15 is 0 Å². The minimum Gasteiger partial charge on any atom is -0.354 e. The van der Waals surface area contributed by atoms with Crippen molar-refractivity contribution in [1.82, 2.24) is 4.98 Å². The van der Waals surface area contributed by atoms with Crippen molar-refractivity contribution in [2.75, 3.05) is 5.32 Å². The van der Waals surface area contributed by atoms with Crippen LogP contribution in [-0.4, -0.2) is 4.98 Å². The maximum Gasteiger partial charge on any atom is 0.0593 e. The molecule has 0 atom stereocenters. The zero-order valence-corrected chi connectivity index (χ0v) is 11.6. The van der Waals surface area contributed by atoms with E-state index in [0.717, 1.165) is 16.6 Å². The van der Waals surface area contributed by atoms with Crippen molar-refractivity contribution in [3.05, 3.63) is 52.3 Å². The fourth-order valence-corrected chi connectivity index (χ4v) is 2.16. The van der Waals surface area contributed by atoms with Gasteiger partial charge in [0.25, 0.3) is 0 Å². The van der Waals surface area contributed by atoms with Crippen LogP contribution in [0.2, 0.25) is 0 Å². The molecule has 0 amide bonds. The van der Waals surface area contributed by atoms with E-state index in [9.17, 15) is 0 Å². The molecule has 0 aliphatic heterocycles. The van der Waals surface area contributed by atoms with E-state index in [2.05, 4.69) is 58.3 Å². The number of benzene rings is 1. The molecule has 2 aromatic rings. The number of nitrogens with one attached hydrogen (secondary N) is 1. The number of halogens is 1. The molecule has 0 radical (unpaired) electrons. The van der Waals surface area contributed by atoms with Crippen molar-refractivity contribution in [3.8, 4) is 0 Å². The highest BCUT2D eigenvalue weighted by molar-refractivity contribution is 9.10. The quantitative estimate of drug-likeness (QED) is 0.903. The van der Waals surface area contributed by atoms with Crippen LogP contribution in [0.5, 0.6) is 0 Å². The molecule has 1 aromatic heterocycles. The van der Waals surface area contributed by atoms with Gasteiger partial charge in [0.15, 0.2) is 0 Å². The van der Waals surface area contributed by atoms with E-state index in [4.69, 9.17) is 0 Å². The van der Waals surface area contributed by atoms with Crippen molar-refractivity contribution in [2.45, 2.75) is 20.3 Å². The number of rotatable bonds is 3. The summed E-state index contributed by atoms with van der Waals surface area (Å²) in [5.41, 5.74) is 4.83. The first-order valence-corrected chi connectivity index (χ1v) is 6.46. The standard InChI is InChI=1S/C14H15BrN2/c1-3-11-6-4-5-10(2)14(11)17-13-7-8-16-9-12(13)15/h4-9H,3H2,1-2H3,(H,16,17). The second-order valence-electron chi connectivity index (χ2n) is 3.94. The van der Waals surface area contributed by atoms with Crippen LogP contribution >= 0.6 is 15.9 Å². The van der Waals surface area contributed by atoms with Gasteiger partial charge in [-0.3, -0.25) is 4.98 Å². The molecule has 0 aliphatic carbocycles. The van der Waals surface area contributed by atoms with Gasteiger partial charge in [0.2, 0.25) is 0 Å². The lowest BCUT2D eigenvalue weighted by molar-refractivity contribution is 1.13. The van der Waals surface area contributed by atoms with Crippen LogP contribution in [0.3, 0.4) is 0 Å². The smallest absolute Gasteiger partial charge is 0.0593 e. The highest BCUT2D eigenvalue weighted by Gasteiger charge is 2.06. The maximum absolute atomic E-state index is 4.06. The summed E-state index contributed by atoms with van der Waals surface area (Å²) in [5.74, 6) is 0. The van der Waals surface area contributed by atoms with Crippen LogP contribution in [0, 0.1) is 6.92 Å². The largest absolute Gasteiger partial charge is 0.354 e. The van der Waals surface area contributed by atoms with Crippen LogP contribution < -0.4 is 5.32 Å². The van der Waals surface area contributed by atoms with Crippen molar-refractivity contribution in [1.29, 1.82) is 0 Å². The molecule has 0 bridgehead atoms. The molecule has 0 aliphatic rings. The maximum atomic E-state index is 4.06. The van der Waals surface area contributed by atoms with E-state index in [1.165, 1.54) is 16.8 Å². The van der Waals surface area contributed by atoms with Gasteiger partial charge >= 0.3 is 0 Å². The van der Waals surface area contributed by atoms with E-state index in [1.54, 1.807) is 12.4 Å². The zero-order valence-electron chi connectivity index (χ0n) is 10.00. The molecule has 17 heavy (non-hydrogen) atoms. The van der Waals surface area contributed by atoms with Crippen molar-refractivity contribution < 1.29 is 0 Å². The van der Waals surface area contributed by atoms with E-state index in [-0.39, 0.29) is 0 Å². The Morgan fingerprint density at radius 2 is 2.12 bits per heavy atom. The Balaban J connectivity index is 2.39. The minimum atomic E-state index is 0.977. The van der Waals surface area contributed by atoms with Gasteiger partial charge in [-0.15, -0.1) is 0 Å². The fraction of sp³-hybridized carbons (Fsp3) is 0.214. The molecule has 0 saturated carbocycles. The third kappa shape index (κ3) is 2.67. The summed E-state index contributed by atoms with van der Waals surface area (Å²) in [6, 6.07) is 8.35. The summed E-state index contributed by atoms with van der Waals surface area (Å²) in [6.07, 6.45) is 4.61. The van der Waals surface area contributed by atoms with Gasteiger partial charge < -0.3 is 5.32 Å². The number of nitrogens with zero attached hydrogens (tertiary/aromatic N) is 1. The monoisotopic (exact) mass is 290 g/mol. The van der Waals surface area contributed by atoms with Gasteiger partial charge in [0.1, 0.15) is 0 Å². The highest BCUT2D eigenvalue weighted by atomic mass is 79.9. The molecular formula is C14H15BrN2. The fourth-order valence-electron chi connectivity index (χ4n) is 1.81. The normalized spacial score (nSPS) is 10.3. The van der Waals surface area contributed by atoms with Gasteiger partial charge in [0, 0.05) is 18.1 Å². The van der Waals surface area contributed by atoms with Crippen LogP contribution in [0.25, 0.3) is 0 Å². The predicted octanol–water partition coefficient (Wildman–Crippen LogP) is 4.46. The predicted molar refractivity (Wildman–Crippen MR) is 75.8 cm³/mol. The Labute approximate surface area is 110 Å². The Bertz CT molecular complexity index is 523. The van der Waals surface area contributed by atoms with Crippen LogP contribution in [0.15, 0.2) is 41.1 Å². The summed E-state index contributed by atoms with van der Waals surface area (Å²) >= 11 is 3.50. The Kier molecular flexibility index (Phi) is 3.79. The number of hydrogen-bond donors (Lipinski definition) is 1. The first-order valence-electron chi connectivity index (χ1n) is 5.67. The number of aryl methyl sites for hydroxylation is 2. The highest BCUT2D eigenvalue weighted by Crippen LogP contribution is 2.29. The molecule has 2 rings (SSSR count).